The molecule has 1 aromatic heterocycles. The molecule has 1 fully saturated rings. The van der Waals surface area contributed by atoms with E-state index in [0.29, 0.717) is 17.1 Å². The van der Waals surface area contributed by atoms with Crippen molar-refractivity contribution in [1.29, 1.82) is 5.26 Å². The van der Waals surface area contributed by atoms with Crippen molar-refractivity contribution in [1.82, 2.24) is 4.98 Å². The Bertz CT molecular complexity index is 390. The number of hydrogen-bond donors (Lipinski definition) is 2. The third kappa shape index (κ3) is 2.38. The maximum absolute atomic E-state index is 8.78. The molecule has 0 aromatic carbocycles. The van der Waals surface area contributed by atoms with Crippen molar-refractivity contribution in [2.24, 2.45) is 5.92 Å². The highest BCUT2D eigenvalue weighted by atomic mass is 15.0. The summed E-state index contributed by atoms with van der Waals surface area (Å²) in [5.41, 5.74) is 6.72. The van der Waals surface area contributed by atoms with E-state index in [0.717, 1.165) is 18.9 Å². The molecular weight excluding hydrogens is 188 g/mol. The molecule has 4 nitrogen and oxygen atoms in total. The zero-order valence-corrected chi connectivity index (χ0v) is 8.53. The van der Waals surface area contributed by atoms with Crippen LogP contribution in [0.2, 0.25) is 0 Å². The summed E-state index contributed by atoms with van der Waals surface area (Å²) in [5.74, 6) is 1.52. The molecule has 0 saturated heterocycles. The lowest BCUT2D eigenvalue weighted by Crippen LogP contribution is -2.07. The van der Waals surface area contributed by atoms with Crippen LogP contribution in [0.25, 0.3) is 0 Å². The standard InChI is InChI=1S/C11H14N4/c12-7-9-4-6-15-11(10(9)13)14-5-3-8-1-2-8/h4,6,8H,1-3,5,13H2,(H,14,15). The van der Waals surface area contributed by atoms with E-state index >= 15 is 0 Å². The van der Waals surface area contributed by atoms with Crippen LogP contribution in [0.3, 0.4) is 0 Å². The molecule has 15 heavy (non-hydrogen) atoms. The first-order chi connectivity index (χ1) is 7.31. The van der Waals surface area contributed by atoms with Crippen LogP contribution < -0.4 is 11.1 Å². The van der Waals surface area contributed by atoms with Gasteiger partial charge in [0.1, 0.15) is 6.07 Å². The minimum absolute atomic E-state index is 0.454. The fraction of sp³-hybridized carbons (Fsp3) is 0.455. The van der Waals surface area contributed by atoms with Gasteiger partial charge in [0.15, 0.2) is 5.82 Å². The normalized spacial score (nSPS) is 14.6. The molecule has 4 heteroatoms. The lowest BCUT2D eigenvalue weighted by molar-refractivity contribution is 0.758. The second kappa shape index (κ2) is 4.18. The Morgan fingerprint density at radius 2 is 2.40 bits per heavy atom. The lowest BCUT2D eigenvalue weighted by atomic mass is 10.2. The van der Waals surface area contributed by atoms with E-state index in [-0.39, 0.29) is 0 Å². The van der Waals surface area contributed by atoms with Crippen molar-refractivity contribution in [3.05, 3.63) is 17.8 Å². The molecule has 1 heterocycles. The van der Waals surface area contributed by atoms with Gasteiger partial charge in [-0.1, -0.05) is 12.8 Å². The third-order valence-electron chi connectivity index (χ3n) is 2.65. The molecule has 0 spiro atoms. The first-order valence-corrected chi connectivity index (χ1v) is 5.19. The molecule has 3 N–H and O–H groups in total. The molecule has 0 aliphatic heterocycles. The largest absolute Gasteiger partial charge is 0.395 e. The summed E-state index contributed by atoms with van der Waals surface area (Å²) in [6.45, 7) is 0.886. The highest BCUT2D eigenvalue weighted by molar-refractivity contribution is 5.68. The average Bonchev–Trinajstić information content (AvgIpc) is 3.04. The Labute approximate surface area is 89.1 Å². The Morgan fingerprint density at radius 1 is 1.60 bits per heavy atom. The Kier molecular flexibility index (Phi) is 2.72. The van der Waals surface area contributed by atoms with E-state index in [9.17, 15) is 0 Å². The zero-order chi connectivity index (χ0) is 10.7. The Morgan fingerprint density at radius 3 is 3.07 bits per heavy atom. The first kappa shape index (κ1) is 9.78. The molecule has 1 aromatic rings. The number of nitriles is 1. The minimum Gasteiger partial charge on any atom is -0.395 e. The zero-order valence-electron chi connectivity index (χ0n) is 8.53. The van der Waals surface area contributed by atoms with Crippen molar-refractivity contribution >= 4 is 11.5 Å². The predicted octanol–water partition coefficient (Wildman–Crippen LogP) is 1.75. The van der Waals surface area contributed by atoms with Crippen molar-refractivity contribution in [2.75, 3.05) is 17.6 Å². The molecule has 0 atom stereocenters. The number of nitrogens with two attached hydrogens (primary N) is 1. The molecular formula is C11H14N4. The van der Waals surface area contributed by atoms with Crippen LogP contribution in [-0.2, 0) is 0 Å². The molecule has 78 valence electrons. The SMILES string of the molecule is N#Cc1ccnc(NCCC2CC2)c1N. The minimum atomic E-state index is 0.454. The van der Waals surface area contributed by atoms with Gasteiger partial charge < -0.3 is 11.1 Å². The van der Waals surface area contributed by atoms with Crippen molar-refractivity contribution in [3.63, 3.8) is 0 Å². The fourth-order valence-electron chi connectivity index (χ4n) is 1.51. The third-order valence-corrected chi connectivity index (χ3v) is 2.65. The van der Waals surface area contributed by atoms with Crippen molar-refractivity contribution in [2.45, 2.75) is 19.3 Å². The first-order valence-electron chi connectivity index (χ1n) is 5.19. The quantitative estimate of drug-likeness (QED) is 0.780. The summed E-state index contributed by atoms with van der Waals surface area (Å²) >= 11 is 0. The van der Waals surface area contributed by atoms with Gasteiger partial charge in [-0.15, -0.1) is 0 Å². The smallest absolute Gasteiger partial charge is 0.150 e. The van der Waals surface area contributed by atoms with Gasteiger partial charge in [-0.3, -0.25) is 0 Å². The maximum Gasteiger partial charge on any atom is 0.150 e. The van der Waals surface area contributed by atoms with Crippen LogP contribution in [0.5, 0.6) is 0 Å². The summed E-state index contributed by atoms with van der Waals surface area (Å²) in [6.07, 6.45) is 5.47. The predicted molar refractivity (Wildman–Crippen MR) is 59.2 cm³/mol. The van der Waals surface area contributed by atoms with E-state index in [1.54, 1.807) is 12.3 Å². The molecule has 1 aliphatic carbocycles. The van der Waals surface area contributed by atoms with Crippen LogP contribution in [0.15, 0.2) is 12.3 Å². The topological polar surface area (TPSA) is 74.7 Å². The number of pyridine rings is 1. The molecule has 0 unspecified atom stereocenters. The van der Waals surface area contributed by atoms with Crippen LogP contribution in [0, 0.1) is 17.2 Å². The van der Waals surface area contributed by atoms with Gasteiger partial charge in [-0.25, -0.2) is 4.98 Å². The van der Waals surface area contributed by atoms with Crippen molar-refractivity contribution < 1.29 is 0 Å². The van der Waals surface area contributed by atoms with Gasteiger partial charge in [-0.05, 0) is 18.4 Å². The van der Waals surface area contributed by atoms with Gasteiger partial charge in [0.2, 0.25) is 0 Å². The van der Waals surface area contributed by atoms with Gasteiger partial charge >= 0.3 is 0 Å². The number of hydrogen-bond acceptors (Lipinski definition) is 4. The van der Waals surface area contributed by atoms with Crippen molar-refractivity contribution in [3.8, 4) is 6.07 Å². The summed E-state index contributed by atoms with van der Waals surface area (Å²) in [6, 6.07) is 3.67. The summed E-state index contributed by atoms with van der Waals surface area (Å²) in [4.78, 5) is 4.12. The Balaban J connectivity index is 1.97. The van der Waals surface area contributed by atoms with E-state index in [1.165, 1.54) is 12.8 Å². The van der Waals surface area contributed by atoms with Gasteiger partial charge in [0.05, 0.1) is 11.3 Å². The highest BCUT2D eigenvalue weighted by Gasteiger charge is 2.20. The van der Waals surface area contributed by atoms with E-state index in [1.807, 2.05) is 6.07 Å². The highest BCUT2D eigenvalue weighted by Crippen LogP contribution is 2.32. The van der Waals surface area contributed by atoms with Gasteiger partial charge in [-0.2, -0.15) is 5.26 Å². The summed E-state index contributed by atoms with van der Waals surface area (Å²) in [5, 5.41) is 12.0. The molecule has 1 aliphatic rings. The van der Waals surface area contributed by atoms with Crippen LogP contribution >= 0.6 is 0 Å². The van der Waals surface area contributed by atoms with E-state index < -0.39 is 0 Å². The molecule has 1 saturated carbocycles. The summed E-state index contributed by atoms with van der Waals surface area (Å²) in [7, 11) is 0. The van der Waals surface area contributed by atoms with Crippen LogP contribution in [-0.4, -0.2) is 11.5 Å². The van der Waals surface area contributed by atoms with E-state index in [4.69, 9.17) is 11.0 Å². The molecule has 0 radical (unpaired) electrons. The maximum atomic E-state index is 8.78. The number of aromatic nitrogens is 1. The fourth-order valence-corrected chi connectivity index (χ4v) is 1.51. The van der Waals surface area contributed by atoms with E-state index in [2.05, 4.69) is 10.3 Å². The second-order valence-electron chi connectivity index (χ2n) is 3.89. The molecule has 2 rings (SSSR count). The molecule has 0 bridgehead atoms. The van der Waals surface area contributed by atoms with Crippen LogP contribution in [0.1, 0.15) is 24.8 Å². The molecule has 0 amide bonds. The number of anilines is 2. The number of nitrogens with zero attached hydrogens (tertiary/aromatic N) is 2. The average molecular weight is 202 g/mol. The Hall–Kier alpha value is -1.76. The van der Waals surface area contributed by atoms with Gasteiger partial charge in [0, 0.05) is 12.7 Å². The second-order valence-corrected chi connectivity index (χ2v) is 3.89. The summed E-state index contributed by atoms with van der Waals surface area (Å²) < 4.78 is 0. The number of nitrogens with one attached hydrogen (secondary N) is 1. The number of rotatable bonds is 4. The monoisotopic (exact) mass is 202 g/mol. The van der Waals surface area contributed by atoms with Crippen LogP contribution in [0.4, 0.5) is 11.5 Å². The number of nitrogen functional groups attached to an aromatic ring is 1. The van der Waals surface area contributed by atoms with Gasteiger partial charge in [0.25, 0.3) is 0 Å². The lowest BCUT2D eigenvalue weighted by Gasteiger charge is -2.08.